The first-order chi connectivity index (χ1) is 10.5. The van der Waals surface area contributed by atoms with Gasteiger partial charge >= 0.3 is 0 Å². The summed E-state index contributed by atoms with van der Waals surface area (Å²) in [6, 6.07) is 3.53. The second kappa shape index (κ2) is 5.29. The van der Waals surface area contributed by atoms with Gasteiger partial charge < -0.3 is 9.72 Å². The molecule has 0 radical (unpaired) electrons. The van der Waals surface area contributed by atoms with E-state index in [0.717, 1.165) is 28.3 Å². The molecule has 0 aliphatic heterocycles. The molecule has 0 aliphatic carbocycles. The Labute approximate surface area is 128 Å². The highest BCUT2D eigenvalue weighted by Gasteiger charge is 2.17. The summed E-state index contributed by atoms with van der Waals surface area (Å²) in [4.78, 5) is 16.8. The maximum absolute atomic E-state index is 12.4. The van der Waals surface area contributed by atoms with E-state index in [0.29, 0.717) is 5.56 Å². The SMILES string of the molecule is Cc1cn2cc(C(=O)N[C@H](C)c3c(C)n[nH]c3C)ccc2n1. The molecule has 6 heteroatoms. The third-order valence-corrected chi connectivity index (χ3v) is 3.80. The number of fused-ring (bicyclic) bond motifs is 1. The highest BCUT2D eigenvalue weighted by molar-refractivity contribution is 5.94. The van der Waals surface area contributed by atoms with Crippen LogP contribution in [0.2, 0.25) is 0 Å². The van der Waals surface area contributed by atoms with E-state index in [1.165, 1.54) is 0 Å². The first-order valence-corrected chi connectivity index (χ1v) is 7.23. The summed E-state index contributed by atoms with van der Waals surface area (Å²) in [5, 5.41) is 10.1. The number of nitrogens with one attached hydrogen (secondary N) is 2. The molecule has 0 saturated heterocycles. The van der Waals surface area contributed by atoms with Crippen LogP contribution in [-0.4, -0.2) is 25.5 Å². The van der Waals surface area contributed by atoms with Crippen molar-refractivity contribution in [2.24, 2.45) is 0 Å². The van der Waals surface area contributed by atoms with E-state index < -0.39 is 0 Å². The summed E-state index contributed by atoms with van der Waals surface area (Å²) in [5.74, 6) is -0.110. The molecular weight excluding hydrogens is 278 g/mol. The summed E-state index contributed by atoms with van der Waals surface area (Å²) < 4.78 is 1.86. The predicted molar refractivity (Wildman–Crippen MR) is 83.9 cm³/mol. The minimum absolute atomic E-state index is 0.105. The number of pyridine rings is 1. The van der Waals surface area contributed by atoms with Crippen molar-refractivity contribution in [2.45, 2.75) is 33.7 Å². The van der Waals surface area contributed by atoms with E-state index in [-0.39, 0.29) is 11.9 Å². The number of imidazole rings is 1. The number of aromatic amines is 1. The lowest BCUT2D eigenvalue weighted by Crippen LogP contribution is -2.27. The zero-order chi connectivity index (χ0) is 15.9. The van der Waals surface area contributed by atoms with Crippen LogP contribution < -0.4 is 5.32 Å². The van der Waals surface area contributed by atoms with Crippen LogP contribution in [0.1, 0.15) is 46.0 Å². The lowest BCUT2D eigenvalue weighted by Gasteiger charge is -2.14. The van der Waals surface area contributed by atoms with Gasteiger partial charge in [-0.2, -0.15) is 5.10 Å². The monoisotopic (exact) mass is 297 g/mol. The molecule has 3 aromatic rings. The second-order valence-electron chi connectivity index (χ2n) is 5.61. The van der Waals surface area contributed by atoms with E-state index in [1.54, 1.807) is 12.3 Å². The summed E-state index contributed by atoms with van der Waals surface area (Å²) in [5.41, 5.74) is 5.29. The maximum Gasteiger partial charge on any atom is 0.253 e. The molecule has 0 aliphatic rings. The van der Waals surface area contributed by atoms with Crippen LogP contribution in [0.5, 0.6) is 0 Å². The molecule has 3 heterocycles. The molecule has 0 unspecified atom stereocenters. The van der Waals surface area contributed by atoms with Gasteiger partial charge in [0.15, 0.2) is 0 Å². The minimum atomic E-state index is -0.110. The highest BCUT2D eigenvalue weighted by atomic mass is 16.1. The molecule has 0 fully saturated rings. The lowest BCUT2D eigenvalue weighted by molar-refractivity contribution is 0.0939. The molecule has 3 aromatic heterocycles. The Bertz CT molecular complexity index is 826. The molecule has 3 rings (SSSR count). The Kier molecular flexibility index (Phi) is 3.44. The molecular formula is C16H19N5O. The normalized spacial score (nSPS) is 12.5. The average molecular weight is 297 g/mol. The zero-order valence-corrected chi connectivity index (χ0v) is 13.1. The number of nitrogens with zero attached hydrogens (tertiary/aromatic N) is 3. The van der Waals surface area contributed by atoms with Crippen molar-refractivity contribution in [1.29, 1.82) is 0 Å². The highest BCUT2D eigenvalue weighted by Crippen LogP contribution is 2.19. The number of carbonyl (C=O) groups excluding carboxylic acids is 1. The van der Waals surface area contributed by atoms with Crippen LogP contribution >= 0.6 is 0 Å². The number of aryl methyl sites for hydroxylation is 3. The summed E-state index contributed by atoms with van der Waals surface area (Å²) >= 11 is 0. The van der Waals surface area contributed by atoms with Crippen molar-refractivity contribution < 1.29 is 4.79 Å². The van der Waals surface area contributed by atoms with Crippen molar-refractivity contribution in [1.82, 2.24) is 24.9 Å². The second-order valence-corrected chi connectivity index (χ2v) is 5.61. The van der Waals surface area contributed by atoms with Gasteiger partial charge in [-0.05, 0) is 39.8 Å². The van der Waals surface area contributed by atoms with E-state index in [2.05, 4.69) is 20.5 Å². The molecule has 1 amide bonds. The largest absolute Gasteiger partial charge is 0.345 e. The number of H-pyrrole nitrogens is 1. The predicted octanol–water partition coefficient (Wildman–Crippen LogP) is 2.47. The third-order valence-electron chi connectivity index (χ3n) is 3.80. The van der Waals surface area contributed by atoms with Crippen molar-refractivity contribution in [3.05, 3.63) is 52.7 Å². The fourth-order valence-corrected chi connectivity index (χ4v) is 2.80. The molecule has 0 saturated carbocycles. The molecule has 0 aromatic carbocycles. The van der Waals surface area contributed by atoms with Crippen LogP contribution in [0, 0.1) is 20.8 Å². The van der Waals surface area contributed by atoms with Gasteiger partial charge in [0.25, 0.3) is 5.91 Å². The van der Waals surface area contributed by atoms with Gasteiger partial charge in [0, 0.05) is 23.7 Å². The molecule has 0 bridgehead atoms. The summed E-state index contributed by atoms with van der Waals surface area (Å²) in [6.45, 7) is 7.78. The van der Waals surface area contributed by atoms with Crippen LogP contribution in [-0.2, 0) is 0 Å². The smallest absolute Gasteiger partial charge is 0.253 e. The summed E-state index contributed by atoms with van der Waals surface area (Å²) in [7, 11) is 0. The number of rotatable bonds is 3. The van der Waals surface area contributed by atoms with Gasteiger partial charge in [0.05, 0.1) is 23.0 Å². The number of aromatic nitrogens is 4. The third kappa shape index (κ3) is 2.47. The summed E-state index contributed by atoms with van der Waals surface area (Å²) in [6.07, 6.45) is 3.70. The van der Waals surface area contributed by atoms with Gasteiger partial charge in [0.1, 0.15) is 5.65 Å². The Morgan fingerprint density at radius 1 is 1.27 bits per heavy atom. The Balaban J connectivity index is 1.83. The topological polar surface area (TPSA) is 75.1 Å². The van der Waals surface area contributed by atoms with Gasteiger partial charge in [-0.15, -0.1) is 0 Å². The van der Waals surface area contributed by atoms with E-state index in [9.17, 15) is 4.79 Å². The van der Waals surface area contributed by atoms with Crippen molar-refractivity contribution in [3.8, 4) is 0 Å². The lowest BCUT2D eigenvalue weighted by atomic mass is 10.1. The van der Waals surface area contributed by atoms with Gasteiger partial charge in [-0.1, -0.05) is 0 Å². The average Bonchev–Trinajstić information content (AvgIpc) is 2.99. The Hall–Kier alpha value is -2.63. The van der Waals surface area contributed by atoms with Crippen LogP contribution in [0.15, 0.2) is 24.5 Å². The van der Waals surface area contributed by atoms with Crippen LogP contribution in [0.3, 0.4) is 0 Å². The first-order valence-electron chi connectivity index (χ1n) is 7.23. The molecule has 2 N–H and O–H groups in total. The fraction of sp³-hybridized carbons (Fsp3) is 0.312. The molecule has 1 atom stereocenters. The first kappa shape index (κ1) is 14.3. The number of hydrogen-bond donors (Lipinski definition) is 2. The van der Waals surface area contributed by atoms with Crippen LogP contribution in [0.25, 0.3) is 5.65 Å². The van der Waals surface area contributed by atoms with Crippen LogP contribution in [0.4, 0.5) is 0 Å². The quantitative estimate of drug-likeness (QED) is 0.780. The van der Waals surface area contributed by atoms with E-state index >= 15 is 0 Å². The van der Waals surface area contributed by atoms with Gasteiger partial charge in [0.2, 0.25) is 0 Å². The molecule has 22 heavy (non-hydrogen) atoms. The van der Waals surface area contributed by atoms with E-state index in [1.807, 2.05) is 44.4 Å². The minimum Gasteiger partial charge on any atom is -0.345 e. The fourth-order valence-electron chi connectivity index (χ4n) is 2.80. The van der Waals surface area contributed by atoms with Crippen molar-refractivity contribution in [2.75, 3.05) is 0 Å². The number of carbonyl (C=O) groups is 1. The molecule has 6 nitrogen and oxygen atoms in total. The van der Waals surface area contributed by atoms with Gasteiger partial charge in [-0.3, -0.25) is 9.89 Å². The maximum atomic E-state index is 12.4. The van der Waals surface area contributed by atoms with Crippen molar-refractivity contribution in [3.63, 3.8) is 0 Å². The molecule has 0 spiro atoms. The van der Waals surface area contributed by atoms with Gasteiger partial charge in [-0.25, -0.2) is 4.98 Å². The van der Waals surface area contributed by atoms with E-state index in [4.69, 9.17) is 0 Å². The number of hydrogen-bond acceptors (Lipinski definition) is 3. The number of amides is 1. The Morgan fingerprint density at radius 2 is 2.05 bits per heavy atom. The molecule has 114 valence electrons. The van der Waals surface area contributed by atoms with Crippen molar-refractivity contribution >= 4 is 11.6 Å². The standard InChI is InChI=1S/C16H19N5O/c1-9-7-21-8-13(5-6-14(21)17-9)16(22)18-10(2)15-11(3)19-20-12(15)4/h5-8,10H,1-4H3,(H,18,22)(H,19,20)/t10-/m1/s1. The zero-order valence-electron chi connectivity index (χ0n) is 13.1. The Morgan fingerprint density at radius 3 is 2.73 bits per heavy atom.